The van der Waals surface area contributed by atoms with Crippen molar-refractivity contribution in [3.05, 3.63) is 72.1 Å². The van der Waals surface area contributed by atoms with Crippen molar-refractivity contribution in [2.75, 3.05) is 23.3 Å². The minimum atomic E-state index is -0.0281. The summed E-state index contributed by atoms with van der Waals surface area (Å²) in [5, 5.41) is 7.38. The lowest BCUT2D eigenvalue weighted by molar-refractivity contribution is -0.115. The van der Waals surface area contributed by atoms with Gasteiger partial charge in [0.2, 0.25) is 5.91 Å². The average Bonchev–Trinajstić information content (AvgIpc) is 3.36. The van der Waals surface area contributed by atoms with Crippen LogP contribution in [-0.4, -0.2) is 28.8 Å². The number of para-hydroxylation sites is 1. The second-order valence-electron chi connectivity index (χ2n) is 7.05. The quantitative estimate of drug-likeness (QED) is 0.749. The summed E-state index contributed by atoms with van der Waals surface area (Å²) < 4.78 is 1.79. The first-order chi connectivity index (χ1) is 13.2. The zero-order chi connectivity index (χ0) is 18.6. The van der Waals surface area contributed by atoms with E-state index in [1.165, 1.54) is 18.5 Å². The number of aryl methyl sites for hydroxylation is 1. The molecule has 0 atom stereocenters. The van der Waals surface area contributed by atoms with Crippen molar-refractivity contribution in [3.63, 3.8) is 0 Å². The van der Waals surface area contributed by atoms with Crippen LogP contribution in [0.5, 0.6) is 0 Å². The Labute approximate surface area is 159 Å². The van der Waals surface area contributed by atoms with Gasteiger partial charge in [-0.2, -0.15) is 5.10 Å². The first kappa shape index (κ1) is 17.3. The van der Waals surface area contributed by atoms with Crippen LogP contribution in [0.25, 0.3) is 5.69 Å². The Morgan fingerprint density at radius 3 is 2.59 bits per heavy atom. The lowest BCUT2D eigenvalue weighted by atomic mass is 10.1. The fourth-order valence-electron chi connectivity index (χ4n) is 3.51. The van der Waals surface area contributed by atoms with Gasteiger partial charge in [-0.05, 0) is 61.2 Å². The van der Waals surface area contributed by atoms with Crippen LogP contribution in [-0.2, 0) is 11.2 Å². The number of benzene rings is 2. The molecule has 2 aromatic carbocycles. The third-order valence-electron chi connectivity index (χ3n) is 4.98. The number of rotatable bonds is 5. The van der Waals surface area contributed by atoms with E-state index in [0.29, 0.717) is 6.42 Å². The highest BCUT2D eigenvalue weighted by Gasteiger charge is 2.14. The molecule has 5 nitrogen and oxygen atoms in total. The molecule has 1 saturated heterocycles. The van der Waals surface area contributed by atoms with Crippen molar-refractivity contribution >= 4 is 17.3 Å². The van der Waals surface area contributed by atoms with Crippen LogP contribution in [0.4, 0.5) is 11.4 Å². The van der Waals surface area contributed by atoms with Crippen molar-refractivity contribution in [3.8, 4) is 5.69 Å². The van der Waals surface area contributed by atoms with E-state index in [1.807, 2.05) is 49.5 Å². The minimum Gasteiger partial charge on any atom is -0.372 e. The molecule has 0 aliphatic carbocycles. The molecule has 1 N–H and O–H groups in total. The molecule has 0 bridgehead atoms. The number of nitrogens with zero attached hydrogens (tertiary/aromatic N) is 3. The van der Waals surface area contributed by atoms with E-state index in [2.05, 4.69) is 27.4 Å². The normalized spacial score (nSPS) is 13.7. The van der Waals surface area contributed by atoms with E-state index in [4.69, 9.17) is 0 Å². The van der Waals surface area contributed by atoms with E-state index in [1.54, 1.807) is 10.9 Å². The summed E-state index contributed by atoms with van der Waals surface area (Å²) in [7, 11) is 0. The molecule has 3 aromatic rings. The van der Waals surface area contributed by atoms with Gasteiger partial charge in [0.05, 0.1) is 18.3 Å². The van der Waals surface area contributed by atoms with Crippen LogP contribution in [0.2, 0.25) is 0 Å². The summed E-state index contributed by atoms with van der Waals surface area (Å²) in [5.41, 5.74) is 5.08. The van der Waals surface area contributed by atoms with E-state index in [9.17, 15) is 4.79 Å². The number of carbonyl (C=O) groups is 1. The molecule has 1 aliphatic heterocycles. The van der Waals surface area contributed by atoms with Crippen LogP contribution < -0.4 is 10.2 Å². The Morgan fingerprint density at radius 1 is 1.07 bits per heavy atom. The zero-order valence-corrected chi connectivity index (χ0v) is 15.6. The van der Waals surface area contributed by atoms with Gasteiger partial charge in [0.1, 0.15) is 0 Å². The molecule has 0 radical (unpaired) electrons. The molecule has 4 rings (SSSR count). The van der Waals surface area contributed by atoms with Gasteiger partial charge >= 0.3 is 0 Å². The molecule has 1 aliphatic rings. The smallest absolute Gasteiger partial charge is 0.228 e. The second-order valence-corrected chi connectivity index (χ2v) is 7.05. The predicted molar refractivity (Wildman–Crippen MR) is 109 cm³/mol. The largest absolute Gasteiger partial charge is 0.372 e. The van der Waals surface area contributed by atoms with Gasteiger partial charge in [-0.25, -0.2) is 4.68 Å². The summed E-state index contributed by atoms with van der Waals surface area (Å²) in [4.78, 5) is 14.9. The number of hydrogen-bond acceptors (Lipinski definition) is 3. The first-order valence-electron chi connectivity index (χ1n) is 9.43. The Hall–Kier alpha value is -3.08. The Kier molecular flexibility index (Phi) is 4.92. The van der Waals surface area contributed by atoms with Crippen LogP contribution in [0, 0.1) is 6.92 Å². The summed E-state index contributed by atoms with van der Waals surface area (Å²) in [6, 6.07) is 16.2. The molecule has 5 heteroatoms. The van der Waals surface area contributed by atoms with E-state index < -0.39 is 0 Å². The van der Waals surface area contributed by atoms with E-state index >= 15 is 0 Å². The summed E-state index contributed by atoms with van der Waals surface area (Å²) in [6.45, 7) is 4.29. The average molecular weight is 360 g/mol. The molecule has 0 unspecified atom stereocenters. The molecular weight excluding hydrogens is 336 g/mol. The van der Waals surface area contributed by atoms with Crippen molar-refractivity contribution in [2.24, 2.45) is 0 Å². The maximum Gasteiger partial charge on any atom is 0.228 e. The van der Waals surface area contributed by atoms with Crippen molar-refractivity contribution in [2.45, 2.75) is 26.2 Å². The molecule has 1 amide bonds. The van der Waals surface area contributed by atoms with Crippen molar-refractivity contribution in [1.82, 2.24) is 9.78 Å². The van der Waals surface area contributed by atoms with Crippen LogP contribution >= 0.6 is 0 Å². The SMILES string of the molecule is Cc1cc(N2CCCC2)ccc1NC(=O)Cc1cnn(-c2ccccc2)c1. The van der Waals surface area contributed by atoms with Gasteiger partial charge in [-0.3, -0.25) is 4.79 Å². The summed E-state index contributed by atoms with van der Waals surface area (Å²) in [6.07, 6.45) is 6.47. The molecule has 0 saturated carbocycles. The lowest BCUT2D eigenvalue weighted by Crippen LogP contribution is -2.18. The number of hydrogen-bond donors (Lipinski definition) is 1. The molecule has 1 aromatic heterocycles. The fourth-order valence-corrected chi connectivity index (χ4v) is 3.51. The lowest BCUT2D eigenvalue weighted by Gasteiger charge is -2.19. The molecule has 2 heterocycles. The Balaban J connectivity index is 1.40. The van der Waals surface area contributed by atoms with Gasteiger partial charge in [-0.15, -0.1) is 0 Å². The Bertz CT molecular complexity index is 926. The van der Waals surface area contributed by atoms with Gasteiger partial charge < -0.3 is 10.2 Å². The third kappa shape index (κ3) is 4.03. The zero-order valence-electron chi connectivity index (χ0n) is 15.6. The molecule has 1 fully saturated rings. The minimum absolute atomic E-state index is 0.0281. The van der Waals surface area contributed by atoms with Gasteiger partial charge in [0.15, 0.2) is 0 Å². The number of carbonyl (C=O) groups excluding carboxylic acids is 1. The molecule has 138 valence electrons. The predicted octanol–water partition coefficient (Wildman–Crippen LogP) is 3.96. The maximum absolute atomic E-state index is 12.5. The topological polar surface area (TPSA) is 50.2 Å². The van der Waals surface area contributed by atoms with Gasteiger partial charge in [0, 0.05) is 30.7 Å². The van der Waals surface area contributed by atoms with Crippen LogP contribution in [0.15, 0.2) is 60.9 Å². The number of anilines is 2. The van der Waals surface area contributed by atoms with Crippen LogP contribution in [0.1, 0.15) is 24.0 Å². The van der Waals surface area contributed by atoms with E-state index in [-0.39, 0.29) is 5.91 Å². The second kappa shape index (κ2) is 7.66. The van der Waals surface area contributed by atoms with Crippen LogP contribution in [0.3, 0.4) is 0 Å². The fraction of sp³-hybridized carbons (Fsp3) is 0.273. The third-order valence-corrected chi connectivity index (χ3v) is 4.98. The standard InChI is InChI=1S/C22H24N4O/c1-17-13-20(25-11-5-6-12-25)9-10-21(17)24-22(27)14-18-15-23-26(16-18)19-7-3-2-4-8-19/h2-4,7-10,13,15-16H,5-6,11-12,14H2,1H3,(H,24,27). The molecule has 27 heavy (non-hydrogen) atoms. The Morgan fingerprint density at radius 2 is 1.85 bits per heavy atom. The van der Waals surface area contributed by atoms with Crippen molar-refractivity contribution < 1.29 is 4.79 Å². The highest BCUT2D eigenvalue weighted by atomic mass is 16.1. The number of amides is 1. The van der Waals surface area contributed by atoms with Gasteiger partial charge in [0.25, 0.3) is 0 Å². The van der Waals surface area contributed by atoms with E-state index in [0.717, 1.165) is 35.6 Å². The summed E-state index contributed by atoms with van der Waals surface area (Å²) >= 11 is 0. The van der Waals surface area contributed by atoms with Gasteiger partial charge in [-0.1, -0.05) is 18.2 Å². The summed E-state index contributed by atoms with van der Waals surface area (Å²) in [5.74, 6) is -0.0281. The monoisotopic (exact) mass is 360 g/mol. The number of nitrogens with one attached hydrogen (secondary N) is 1. The molecular formula is C22H24N4O. The van der Waals surface area contributed by atoms with Crippen molar-refractivity contribution in [1.29, 1.82) is 0 Å². The first-order valence-corrected chi connectivity index (χ1v) is 9.43. The molecule has 0 spiro atoms. The highest BCUT2D eigenvalue weighted by molar-refractivity contribution is 5.93. The number of aromatic nitrogens is 2. The highest BCUT2D eigenvalue weighted by Crippen LogP contribution is 2.25. The maximum atomic E-state index is 12.5.